The average Bonchev–Trinajstić information content (AvgIpc) is 2.83. The Morgan fingerprint density at radius 3 is 1.88 bits per heavy atom. The highest BCUT2D eigenvalue weighted by Crippen LogP contribution is 2.45. The van der Waals surface area contributed by atoms with E-state index in [4.69, 9.17) is 5.26 Å². The third kappa shape index (κ3) is 7.53. The number of halogens is 2. The molecule has 1 atom stereocenters. The topological polar surface area (TPSA) is 23.8 Å². The Balaban J connectivity index is 1.36. The number of unbranched alkanes of at least 4 members (excludes halogenated alkanes) is 6. The van der Waals surface area contributed by atoms with Gasteiger partial charge in [-0.15, -0.1) is 0 Å². The van der Waals surface area contributed by atoms with Gasteiger partial charge >= 0.3 is 0 Å². The molecular weight excluding hydrogens is 412 g/mol. The van der Waals surface area contributed by atoms with Crippen molar-refractivity contribution in [3.8, 4) is 6.07 Å². The van der Waals surface area contributed by atoms with Crippen LogP contribution in [0.2, 0.25) is 0 Å². The van der Waals surface area contributed by atoms with Gasteiger partial charge in [0, 0.05) is 0 Å². The minimum Gasteiger partial charge on any atom is -0.205 e. The second-order valence-electron chi connectivity index (χ2n) is 11.1. The molecule has 0 spiro atoms. The third-order valence-electron chi connectivity index (χ3n) is 9.00. The van der Waals surface area contributed by atoms with Gasteiger partial charge in [0.25, 0.3) is 0 Å². The maximum absolute atomic E-state index is 14.1. The van der Waals surface area contributed by atoms with Crippen LogP contribution in [0.4, 0.5) is 8.78 Å². The van der Waals surface area contributed by atoms with E-state index in [-0.39, 0.29) is 5.92 Å². The van der Waals surface area contributed by atoms with Gasteiger partial charge in [-0.25, -0.2) is 8.78 Å². The van der Waals surface area contributed by atoms with E-state index in [1.54, 1.807) is 6.07 Å². The summed E-state index contributed by atoms with van der Waals surface area (Å²) in [5.41, 5.74) is 0.246. The molecule has 3 rings (SSSR count). The Hall–Kier alpha value is -1.43. The van der Waals surface area contributed by atoms with Crippen LogP contribution >= 0.6 is 0 Å². The van der Waals surface area contributed by atoms with Gasteiger partial charge in [-0.3, -0.25) is 0 Å². The molecule has 0 heterocycles. The largest absolute Gasteiger partial charge is 0.205 e. The fraction of sp³-hybridized carbons (Fsp3) is 0.767. The van der Waals surface area contributed by atoms with Gasteiger partial charge in [0.05, 0.1) is 0 Å². The molecule has 184 valence electrons. The molecule has 3 heteroatoms. The lowest BCUT2D eigenvalue weighted by Crippen LogP contribution is -2.27. The smallest absolute Gasteiger partial charge is 0.144 e. The van der Waals surface area contributed by atoms with Crippen LogP contribution in [0.5, 0.6) is 0 Å². The van der Waals surface area contributed by atoms with Crippen molar-refractivity contribution < 1.29 is 8.78 Å². The molecule has 2 saturated carbocycles. The van der Waals surface area contributed by atoms with Gasteiger partial charge in [0.2, 0.25) is 0 Å². The van der Waals surface area contributed by atoms with Crippen molar-refractivity contribution >= 4 is 0 Å². The molecule has 0 amide bonds. The standard InChI is InChI=1S/C30H45F2N/c1-3-4-5-6-7-8-9-10-23-11-13-25(14-12-23)26-17-15-24(16-18-26)22(2)27-19-29(31)28(21-33)30(32)20-27/h19-20,22-26H,3-18H2,1-2H3. The van der Waals surface area contributed by atoms with E-state index in [1.165, 1.54) is 102 Å². The average molecular weight is 458 g/mol. The van der Waals surface area contributed by atoms with Crippen LogP contribution in [0.25, 0.3) is 0 Å². The van der Waals surface area contributed by atoms with Crippen molar-refractivity contribution in [3.63, 3.8) is 0 Å². The van der Waals surface area contributed by atoms with E-state index >= 15 is 0 Å². The highest BCUT2D eigenvalue weighted by molar-refractivity contribution is 5.36. The fourth-order valence-corrected chi connectivity index (χ4v) is 6.69. The molecule has 2 aliphatic rings. The van der Waals surface area contributed by atoms with Crippen LogP contribution < -0.4 is 0 Å². The van der Waals surface area contributed by atoms with Crippen LogP contribution in [0.15, 0.2) is 12.1 Å². The van der Waals surface area contributed by atoms with E-state index < -0.39 is 17.2 Å². The van der Waals surface area contributed by atoms with E-state index in [2.05, 4.69) is 13.8 Å². The lowest BCUT2D eigenvalue weighted by atomic mass is 9.66. The lowest BCUT2D eigenvalue weighted by molar-refractivity contribution is 0.136. The third-order valence-corrected chi connectivity index (χ3v) is 9.00. The number of nitriles is 1. The molecule has 2 aliphatic carbocycles. The van der Waals surface area contributed by atoms with E-state index in [0.717, 1.165) is 30.6 Å². The summed E-state index contributed by atoms with van der Waals surface area (Å²) in [4.78, 5) is 0. The van der Waals surface area contributed by atoms with Gasteiger partial charge in [-0.2, -0.15) is 5.26 Å². The number of nitrogens with zero attached hydrogens (tertiary/aromatic N) is 1. The quantitative estimate of drug-likeness (QED) is 0.303. The lowest BCUT2D eigenvalue weighted by Gasteiger charge is -2.39. The first-order chi connectivity index (χ1) is 16.0. The summed E-state index contributed by atoms with van der Waals surface area (Å²) in [5.74, 6) is 1.90. The molecule has 1 nitrogen and oxygen atoms in total. The summed E-state index contributed by atoms with van der Waals surface area (Å²) in [7, 11) is 0. The maximum Gasteiger partial charge on any atom is 0.144 e. The zero-order valence-electron chi connectivity index (χ0n) is 21.1. The highest BCUT2D eigenvalue weighted by atomic mass is 19.1. The van der Waals surface area contributed by atoms with Crippen LogP contribution in [-0.2, 0) is 0 Å². The first-order valence-electron chi connectivity index (χ1n) is 13.9. The van der Waals surface area contributed by atoms with Gasteiger partial charge in [0.15, 0.2) is 0 Å². The molecule has 33 heavy (non-hydrogen) atoms. The number of benzene rings is 1. The predicted molar refractivity (Wildman–Crippen MR) is 133 cm³/mol. The second kappa shape index (κ2) is 13.5. The van der Waals surface area contributed by atoms with Crippen molar-refractivity contribution in [1.29, 1.82) is 5.26 Å². The molecule has 0 aromatic heterocycles. The van der Waals surface area contributed by atoms with Gasteiger partial charge in [-0.05, 0) is 85.8 Å². The molecular formula is C30H45F2N. The number of hydrogen-bond donors (Lipinski definition) is 0. The molecule has 1 unspecified atom stereocenters. The summed E-state index contributed by atoms with van der Waals surface area (Å²) in [6.45, 7) is 4.38. The predicted octanol–water partition coefficient (Wildman–Crippen LogP) is 9.69. The number of rotatable bonds is 11. The zero-order valence-corrected chi connectivity index (χ0v) is 21.1. The minimum absolute atomic E-state index is 0.139. The summed E-state index contributed by atoms with van der Waals surface area (Å²) in [5, 5.41) is 8.91. The van der Waals surface area contributed by atoms with Crippen LogP contribution in [0.1, 0.15) is 134 Å². The van der Waals surface area contributed by atoms with Crippen molar-refractivity contribution in [2.45, 2.75) is 122 Å². The molecule has 0 saturated heterocycles. The first kappa shape index (κ1) is 26.2. The molecule has 1 aromatic rings. The molecule has 0 aliphatic heterocycles. The van der Waals surface area contributed by atoms with Gasteiger partial charge < -0.3 is 0 Å². The molecule has 0 bridgehead atoms. The Bertz CT molecular complexity index is 728. The highest BCUT2D eigenvalue weighted by Gasteiger charge is 2.33. The first-order valence-corrected chi connectivity index (χ1v) is 13.9. The van der Waals surface area contributed by atoms with Crippen LogP contribution in [0.3, 0.4) is 0 Å². The zero-order chi connectivity index (χ0) is 23.6. The summed E-state index contributed by atoms with van der Waals surface area (Å²) in [6.07, 6.45) is 21.9. The van der Waals surface area contributed by atoms with Crippen molar-refractivity contribution in [3.05, 3.63) is 34.9 Å². The SMILES string of the molecule is CCCCCCCCCC1CCC(C2CCC(C(C)c3cc(F)c(C#N)c(F)c3)CC2)CC1. The van der Waals surface area contributed by atoms with Crippen LogP contribution in [-0.4, -0.2) is 0 Å². The van der Waals surface area contributed by atoms with Gasteiger partial charge in [-0.1, -0.05) is 78.1 Å². The Morgan fingerprint density at radius 2 is 1.33 bits per heavy atom. The summed E-state index contributed by atoms with van der Waals surface area (Å²) in [6, 6.07) is 4.39. The summed E-state index contributed by atoms with van der Waals surface area (Å²) >= 11 is 0. The Labute approximate surface area is 201 Å². The summed E-state index contributed by atoms with van der Waals surface area (Å²) < 4.78 is 28.1. The van der Waals surface area contributed by atoms with Crippen molar-refractivity contribution in [2.24, 2.45) is 23.7 Å². The number of hydrogen-bond acceptors (Lipinski definition) is 1. The molecule has 0 radical (unpaired) electrons. The van der Waals surface area contributed by atoms with E-state index in [1.807, 2.05) is 0 Å². The Kier molecular flexibility index (Phi) is 10.7. The van der Waals surface area contributed by atoms with E-state index in [9.17, 15) is 8.78 Å². The molecule has 2 fully saturated rings. The minimum atomic E-state index is -0.721. The van der Waals surface area contributed by atoms with Crippen molar-refractivity contribution in [2.75, 3.05) is 0 Å². The van der Waals surface area contributed by atoms with Crippen molar-refractivity contribution in [1.82, 2.24) is 0 Å². The van der Waals surface area contributed by atoms with E-state index in [0.29, 0.717) is 11.5 Å². The Morgan fingerprint density at radius 1 is 0.818 bits per heavy atom. The fourth-order valence-electron chi connectivity index (χ4n) is 6.69. The normalized spacial score (nSPS) is 26.6. The molecule has 1 aromatic carbocycles. The monoisotopic (exact) mass is 457 g/mol. The van der Waals surface area contributed by atoms with Crippen LogP contribution in [0, 0.1) is 46.6 Å². The maximum atomic E-state index is 14.1. The molecule has 0 N–H and O–H groups in total. The second-order valence-corrected chi connectivity index (χ2v) is 11.1. The van der Waals surface area contributed by atoms with Gasteiger partial charge in [0.1, 0.15) is 23.3 Å².